The zero-order chi connectivity index (χ0) is 19.8. The monoisotopic (exact) mass is 369 g/mol. The molecule has 2 aromatic rings. The first-order valence-corrected chi connectivity index (χ1v) is 8.92. The van der Waals surface area contributed by atoms with Gasteiger partial charge in [0.15, 0.2) is 0 Å². The van der Waals surface area contributed by atoms with Crippen LogP contribution >= 0.6 is 0 Å². The zero-order valence-corrected chi connectivity index (χ0v) is 16.3. The van der Waals surface area contributed by atoms with E-state index in [9.17, 15) is 9.59 Å². The molecule has 0 unspecified atom stereocenters. The summed E-state index contributed by atoms with van der Waals surface area (Å²) in [6.45, 7) is 4.64. The van der Waals surface area contributed by atoms with Crippen LogP contribution in [0.25, 0.3) is 0 Å². The van der Waals surface area contributed by atoms with E-state index in [1.807, 2.05) is 62.3 Å². The largest absolute Gasteiger partial charge is 0.491 e. The van der Waals surface area contributed by atoms with Gasteiger partial charge in [-0.05, 0) is 50.8 Å². The highest BCUT2D eigenvalue weighted by Gasteiger charge is 2.16. The number of amides is 2. The Morgan fingerprint density at radius 2 is 1.85 bits per heavy atom. The number of hydrogen-bond acceptors (Lipinski definition) is 4. The minimum atomic E-state index is -0.221. The van der Waals surface area contributed by atoms with Crippen LogP contribution in [0.5, 0.6) is 5.75 Å². The summed E-state index contributed by atoms with van der Waals surface area (Å²) in [4.78, 5) is 26.0. The van der Waals surface area contributed by atoms with Gasteiger partial charge in [-0.1, -0.05) is 24.3 Å². The standard InChI is InChI=1S/C21H27N3O3/c1-15(17-8-7-9-18(14-17)23-16(2)25)22-21(26)19-10-5-6-11-20(19)27-13-12-24(3)4/h5-11,14-15H,12-13H2,1-4H3,(H,22,26)(H,23,25)/t15-/m0/s1. The van der Waals surface area contributed by atoms with E-state index in [2.05, 4.69) is 10.6 Å². The van der Waals surface area contributed by atoms with Crippen LogP contribution in [0, 0.1) is 0 Å². The number of ether oxygens (including phenoxy) is 1. The van der Waals surface area contributed by atoms with Crippen LogP contribution in [-0.4, -0.2) is 44.0 Å². The van der Waals surface area contributed by atoms with Crippen LogP contribution in [0.3, 0.4) is 0 Å². The van der Waals surface area contributed by atoms with Gasteiger partial charge >= 0.3 is 0 Å². The molecule has 2 aromatic carbocycles. The second kappa shape index (κ2) is 9.73. The Labute approximate surface area is 160 Å². The molecule has 0 aliphatic heterocycles. The van der Waals surface area contributed by atoms with Gasteiger partial charge in [0.05, 0.1) is 11.6 Å². The van der Waals surface area contributed by atoms with Gasteiger partial charge in [0, 0.05) is 19.2 Å². The molecule has 144 valence electrons. The molecule has 6 nitrogen and oxygen atoms in total. The van der Waals surface area contributed by atoms with E-state index in [0.717, 1.165) is 12.1 Å². The van der Waals surface area contributed by atoms with Crippen molar-refractivity contribution in [3.63, 3.8) is 0 Å². The number of rotatable bonds is 8. The molecular formula is C21H27N3O3. The fraction of sp³-hybridized carbons (Fsp3) is 0.333. The summed E-state index contributed by atoms with van der Waals surface area (Å²) in [6.07, 6.45) is 0. The highest BCUT2D eigenvalue weighted by atomic mass is 16.5. The molecule has 0 aliphatic rings. The Morgan fingerprint density at radius 3 is 2.56 bits per heavy atom. The molecule has 0 radical (unpaired) electrons. The molecule has 27 heavy (non-hydrogen) atoms. The van der Waals surface area contributed by atoms with Gasteiger partial charge in [-0.25, -0.2) is 0 Å². The molecule has 0 fully saturated rings. The number of hydrogen-bond donors (Lipinski definition) is 2. The first kappa shape index (κ1) is 20.5. The zero-order valence-electron chi connectivity index (χ0n) is 16.3. The topological polar surface area (TPSA) is 70.7 Å². The first-order chi connectivity index (χ1) is 12.9. The number of nitrogens with one attached hydrogen (secondary N) is 2. The molecule has 0 saturated heterocycles. The molecule has 0 saturated carbocycles. The summed E-state index contributed by atoms with van der Waals surface area (Å²) < 4.78 is 5.77. The highest BCUT2D eigenvalue weighted by Crippen LogP contribution is 2.21. The van der Waals surface area contributed by atoms with Crippen LogP contribution in [0.1, 0.15) is 35.8 Å². The Bertz CT molecular complexity index is 790. The van der Waals surface area contributed by atoms with Crippen LogP contribution in [0.15, 0.2) is 48.5 Å². The van der Waals surface area contributed by atoms with E-state index in [4.69, 9.17) is 4.74 Å². The average molecular weight is 369 g/mol. The Hall–Kier alpha value is -2.86. The molecule has 2 N–H and O–H groups in total. The lowest BCUT2D eigenvalue weighted by Gasteiger charge is -2.18. The normalized spacial score (nSPS) is 11.7. The molecule has 2 rings (SSSR count). The molecule has 2 amide bonds. The van der Waals surface area contributed by atoms with Crippen molar-refractivity contribution < 1.29 is 14.3 Å². The molecule has 0 bridgehead atoms. The molecule has 0 aromatic heterocycles. The van der Waals surface area contributed by atoms with Crippen LogP contribution in [0.2, 0.25) is 0 Å². The van der Waals surface area contributed by atoms with E-state index in [0.29, 0.717) is 23.6 Å². The number of nitrogens with zero attached hydrogens (tertiary/aromatic N) is 1. The second-order valence-corrected chi connectivity index (χ2v) is 6.65. The minimum Gasteiger partial charge on any atom is -0.491 e. The number of carbonyl (C=O) groups is 2. The van der Waals surface area contributed by atoms with Crippen molar-refractivity contribution in [2.75, 3.05) is 32.6 Å². The molecule has 0 spiro atoms. The predicted octanol–water partition coefficient (Wildman–Crippen LogP) is 3.08. The third-order valence-electron chi connectivity index (χ3n) is 3.98. The maximum absolute atomic E-state index is 12.7. The number of likely N-dealkylation sites (N-methyl/N-ethyl adjacent to an activating group) is 1. The van der Waals surface area contributed by atoms with Gasteiger partial charge in [-0.2, -0.15) is 0 Å². The maximum Gasteiger partial charge on any atom is 0.255 e. The highest BCUT2D eigenvalue weighted by molar-refractivity contribution is 5.97. The van der Waals surface area contributed by atoms with Gasteiger partial charge in [-0.3, -0.25) is 9.59 Å². The summed E-state index contributed by atoms with van der Waals surface area (Å²) in [7, 11) is 3.94. The predicted molar refractivity (Wildman–Crippen MR) is 107 cm³/mol. The molecular weight excluding hydrogens is 342 g/mol. The van der Waals surface area contributed by atoms with Crippen LogP contribution in [-0.2, 0) is 4.79 Å². The number of anilines is 1. The number of para-hydroxylation sites is 1. The third-order valence-corrected chi connectivity index (χ3v) is 3.98. The fourth-order valence-corrected chi connectivity index (χ4v) is 2.57. The molecule has 0 aliphatic carbocycles. The second-order valence-electron chi connectivity index (χ2n) is 6.65. The summed E-state index contributed by atoms with van der Waals surface area (Å²) in [5.74, 6) is 0.233. The van der Waals surface area contributed by atoms with Gasteiger partial charge in [0.2, 0.25) is 5.91 Å². The van der Waals surface area contributed by atoms with Crippen LogP contribution in [0.4, 0.5) is 5.69 Å². The SMILES string of the molecule is CC(=O)Nc1cccc([C@H](C)NC(=O)c2ccccc2OCCN(C)C)c1. The minimum absolute atomic E-state index is 0.132. The Balaban J connectivity index is 2.07. The number of carbonyl (C=O) groups excluding carboxylic acids is 2. The summed E-state index contributed by atoms with van der Waals surface area (Å²) in [6, 6.07) is 14.4. The quantitative estimate of drug-likeness (QED) is 0.750. The molecule has 0 heterocycles. The van der Waals surface area contributed by atoms with E-state index in [-0.39, 0.29) is 17.9 Å². The Kier molecular flexibility index (Phi) is 7.37. The lowest BCUT2D eigenvalue weighted by molar-refractivity contribution is -0.114. The van der Waals surface area contributed by atoms with Crippen molar-refractivity contribution in [1.82, 2.24) is 10.2 Å². The maximum atomic E-state index is 12.7. The molecule has 6 heteroatoms. The van der Waals surface area contributed by atoms with Gasteiger partial charge < -0.3 is 20.3 Å². The van der Waals surface area contributed by atoms with E-state index >= 15 is 0 Å². The average Bonchev–Trinajstić information content (AvgIpc) is 2.61. The van der Waals surface area contributed by atoms with Crippen molar-refractivity contribution in [2.24, 2.45) is 0 Å². The first-order valence-electron chi connectivity index (χ1n) is 8.92. The van der Waals surface area contributed by atoms with E-state index < -0.39 is 0 Å². The smallest absolute Gasteiger partial charge is 0.255 e. The summed E-state index contributed by atoms with van der Waals surface area (Å²) in [5.41, 5.74) is 2.11. The van der Waals surface area contributed by atoms with Crippen molar-refractivity contribution in [1.29, 1.82) is 0 Å². The van der Waals surface area contributed by atoms with Crippen molar-refractivity contribution in [3.8, 4) is 5.75 Å². The fourth-order valence-electron chi connectivity index (χ4n) is 2.57. The van der Waals surface area contributed by atoms with Crippen molar-refractivity contribution in [2.45, 2.75) is 19.9 Å². The molecule has 1 atom stereocenters. The Morgan fingerprint density at radius 1 is 1.11 bits per heavy atom. The lowest BCUT2D eigenvalue weighted by atomic mass is 10.1. The third kappa shape index (κ3) is 6.42. The van der Waals surface area contributed by atoms with Gasteiger partial charge in [0.1, 0.15) is 12.4 Å². The van der Waals surface area contributed by atoms with Gasteiger partial charge in [-0.15, -0.1) is 0 Å². The number of benzene rings is 2. The van der Waals surface area contributed by atoms with Crippen molar-refractivity contribution in [3.05, 3.63) is 59.7 Å². The van der Waals surface area contributed by atoms with Crippen molar-refractivity contribution >= 4 is 17.5 Å². The summed E-state index contributed by atoms with van der Waals surface area (Å²) >= 11 is 0. The van der Waals surface area contributed by atoms with Gasteiger partial charge in [0.25, 0.3) is 5.91 Å². The van der Waals surface area contributed by atoms with E-state index in [1.165, 1.54) is 6.92 Å². The summed E-state index contributed by atoms with van der Waals surface area (Å²) in [5, 5.41) is 5.74. The van der Waals surface area contributed by atoms with Crippen LogP contribution < -0.4 is 15.4 Å². The van der Waals surface area contributed by atoms with E-state index in [1.54, 1.807) is 12.1 Å². The lowest BCUT2D eigenvalue weighted by Crippen LogP contribution is -2.27.